The molecule has 0 amide bonds. The van der Waals surface area contributed by atoms with E-state index in [1.807, 2.05) is 0 Å². The van der Waals surface area contributed by atoms with Gasteiger partial charge in [0, 0.05) is 27.6 Å². The van der Waals surface area contributed by atoms with E-state index in [4.69, 9.17) is 5.73 Å². The van der Waals surface area contributed by atoms with Crippen LogP contribution in [-0.2, 0) is 6.54 Å². The highest BCUT2D eigenvalue weighted by atomic mass is 79.9. The molecule has 0 saturated carbocycles. The summed E-state index contributed by atoms with van der Waals surface area (Å²) in [5.41, 5.74) is 9.04. The fourth-order valence-corrected chi connectivity index (χ4v) is 2.06. The number of H-pyrrole nitrogens is 1. The fraction of sp³-hybridized carbons (Fsp3) is 0.200. The van der Waals surface area contributed by atoms with Crippen molar-refractivity contribution in [2.24, 2.45) is 5.73 Å². The van der Waals surface area contributed by atoms with Crippen LogP contribution in [0.15, 0.2) is 22.7 Å². The van der Waals surface area contributed by atoms with Gasteiger partial charge in [-0.25, -0.2) is 0 Å². The number of rotatable bonds is 1. The Kier molecular flexibility index (Phi) is 2.14. The molecule has 0 spiro atoms. The number of aryl methyl sites for hydroxylation is 1. The zero-order chi connectivity index (χ0) is 9.42. The van der Waals surface area contributed by atoms with E-state index in [9.17, 15) is 0 Å². The molecule has 0 aliphatic heterocycles. The third kappa shape index (κ3) is 1.38. The topological polar surface area (TPSA) is 41.8 Å². The third-order valence-electron chi connectivity index (χ3n) is 2.17. The van der Waals surface area contributed by atoms with E-state index in [1.165, 1.54) is 10.9 Å². The highest BCUT2D eigenvalue weighted by Gasteiger charge is 2.06. The van der Waals surface area contributed by atoms with Crippen molar-refractivity contribution in [3.05, 3.63) is 33.9 Å². The molecular formula is C10H11BrN2. The van der Waals surface area contributed by atoms with Gasteiger partial charge in [0.1, 0.15) is 0 Å². The van der Waals surface area contributed by atoms with Crippen molar-refractivity contribution in [3.8, 4) is 0 Å². The van der Waals surface area contributed by atoms with Gasteiger partial charge in [-0.1, -0.05) is 11.6 Å². The average Bonchev–Trinajstić information content (AvgIpc) is 2.44. The second-order valence-electron chi connectivity index (χ2n) is 3.17. The molecule has 1 heterocycles. The van der Waals surface area contributed by atoms with Gasteiger partial charge in [-0.3, -0.25) is 0 Å². The van der Waals surface area contributed by atoms with Gasteiger partial charge in [-0.2, -0.15) is 0 Å². The third-order valence-corrected chi connectivity index (χ3v) is 3.07. The van der Waals surface area contributed by atoms with Gasteiger partial charge in [0.15, 0.2) is 0 Å². The Labute approximate surface area is 85.3 Å². The molecule has 1 aromatic carbocycles. The Morgan fingerprint density at radius 1 is 1.46 bits per heavy atom. The smallest absolute Gasteiger partial charge is 0.0474 e. The Morgan fingerprint density at radius 2 is 2.23 bits per heavy atom. The summed E-state index contributed by atoms with van der Waals surface area (Å²) in [6.45, 7) is 2.62. The minimum atomic E-state index is 0.536. The molecule has 2 nitrogen and oxygen atoms in total. The van der Waals surface area contributed by atoms with Crippen molar-refractivity contribution in [1.82, 2.24) is 4.98 Å². The van der Waals surface area contributed by atoms with Crippen LogP contribution in [0.25, 0.3) is 10.9 Å². The van der Waals surface area contributed by atoms with E-state index in [-0.39, 0.29) is 0 Å². The van der Waals surface area contributed by atoms with Crippen LogP contribution in [0, 0.1) is 6.92 Å². The van der Waals surface area contributed by atoms with Crippen molar-refractivity contribution < 1.29 is 0 Å². The molecule has 0 radical (unpaired) electrons. The van der Waals surface area contributed by atoms with Crippen molar-refractivity contribution in [2.45, 2.75) is 13.5 Å². The molecule has 3 heteroatoms. The summed E-state index contributed by atoms with van der Waals surface area (Å²) >= 11 is 3.53. The van der Waals surface area contributed by atoms with Gasteiger partial charge in [-0.15, -0.1) is 0 Å². The number of halogens is 1. The van der Waals surface area contributed by atoms with E-state index >= 15 is 0 Å². The summed E-state index contributed by atoms with van der Waals surface area (Å²) in [5, 5.41) is 1.21. The highest BCUT2D eigenvalue weighted by Crippen LogP contribution is 2.28. The van der Waals surface area contributed by atoms with Crippen LogP contribution >= 0.6 is 15.9 Å². The van der Waals surface area contributed by atoms with Gasteiger partial charge < -0.3 is 10.7 Å². The summed E-state index contributed by atoms with van der Waals surface area (Å²) in [4.78, 5) is 3.27. The Morgan fingerprint density at radius 3 is 2.92 bits per heavy atom. The molecule has 0 aliphatic rings. The predicted molar refractivity (Wildman–Crippen MR) is 58.6 cm³/mol. The molecule has 1 aromatic heterocycles. The number of hydrogen-bond acceptors (Lipinski definition) is 1. The second kappa shape index (κ2) is 3.16. The van der Waals surface area contributed by atoms with Gasteiger partial charge in [0.2, 0.25) is 0 Å². The maximum absolute atomic E-state index is 5.59. The number of aromatic amines is 1. The number of aromatic nitrogens is 1. The van der Waals surface area contributed by atoms with Crippen LogP contribution in [0.2, 0.25) is 0 Å². The lowest BCUT2D eigenvalue weighted by molar-refractivity contribution is 1.01. The number of nitrogens with one attached hydrogen (secondary N) is 1. The lowest BCUT2D eigenvalue weighted by Gasteiger charge is -1.92. The van der Waals surface area contributed by atoms with Crippen LogP contribution in [0.5, 0.6) is 0 Å². The van der Waals surface area contributed by atoms with E-state index in [2.05, 4.69) is 46.0 Å². The fourth-order valence-electron chi connectivity index (χ4n) is 1.47. The Hall–Kier alpha value is -0.800. The standard InChI is InChI=1S/C10H11BrN2/c1-6-2-3-8-7(4-6)10(11)9(5-12)13-8/h2-4,13H,5,12H2,1H3. The van der Waals surface area contributed by atoms with Crippen LogP contribution < -0.4 is 5.73 Å². The van der Waals surface area contributed by atoms with Gasteiger partial charge in [0.05, 0.1) is 0 Å². The maximum Gasteiger partial charge on any atom is 0.0474 e. The summed E-state index contributed by atoms with van der Waals surface area (Å²) in [5.74, 6) is 0. The lowest BCUT2D eigenvalue weighted by atomic mass is 10.2. The first-order chi connectivity index (χ1) is 6.22. The average molecular weight is 239 g/mol. The zero-order valence-electron chi connectivity index (χ0n) is 7.39. The van der Waals surface area contributed by atoms with Crippen LogP contribution in [0.1, 0.15) is 11.3 Å². The molecule has 68 valence electrons. The first-order valence-electron chi connectivity index (χ1n) is 4.19. The molecule has 0 aliphatic carbocycles. The molecule has 2 aromatic rings. The van der Waals surface area contributed by atoms with E-state index in [0.29, 0.717) is 6.54 Å². The molecule has 3 N–H and O–H groups in total. The molecule has 2 rings (SSSR count). The summed E-state index contributed by atoms with van der Waals surface area (Å²) in [6, 6.07) is 6.31. The quantitative estimate of drug-likeness (QED) is 0.789. The van der Waals surface area contributed by atoms with Crippen LogP contribution in [0.4, 0.5) is 0 Å². The summed E-state index contributed by atoms with van der Waals surface area (Å²) in [6.07, 6.45) is 0. The van der Waals surface area contributed by atoms with Crippen molar-refractivity contribution >= 4 is 26.8 Å². The molecule has 0 bridgehead atoms. The lowest BCUT2D eigenvalue weighted by Crippen LogP contribution is -1.96. The number of benzene rings is 1. The largest absolute Gasteiger partial charge is 0.356 e. The normalized spacial score (nSPS) is 11.0. The first-order valence-corrected chi connectivity index (χ1v) is 4.98. The number of nitrogens with two attached hydrogens (primary N) is 1. The molecule has 0 unspecified atom stereocenters. The Balaban J connectivity index is 2.77. The molecular weight excluding hydrogens is 228 g/mol. The van der Waals surface area contributed by atoms with E-state index in [0.717, 1.165) is 15.7 Å². The number of hydrogen-bond donors (Lipinski definition) is 2. The molecule has 13 heavy (non-hydrogen) atoms. The van der Waals surface area contributed by atoms with Crippen LogP contribution in [-0.4, -0.2) is 4.98 Å². The Bertz CT molecular complexity index is 445. The minimum absolute atomic E-state index is 0.536. The summed E-state index contributed by atoms with van der Waals surface area (Å²) in [7, 11) is 0. The number of fused-ring (bicyclic) bond motifs is 1. The molecule has 0 atom stereocenters. The minimum Gasteiger partial charge on any atom is -0.356 e. The summed E-state index contributed by atoms with van der Waals surface area (Å²) < 4.78 is 1.09. The monoisotopic (exact) mass is 238 g/mol. The predicted octanol–water partition coefficient (Wildman–Crippen LogP) is 2.70. The van der Waals surface area contributed by atoms with Crippen molar-refractivity contribution in [2.75, 3.05) is 0 Å². The van der Waals surface area contributed by atoms with Gasteiger partial charge in [-0.05, 0) is 35.0 Å². The highest BCUT2D eigenvalue weighted by molar-refractivity contribution is 9.10. The zero-order valence-corrected chi connectivity index (χ0v) is 8.98. The molecule has 0 fully saturated rings. The first kappa shape index (κ1) is 8.78. The van der Waals surface area contributed by atoms with Gasteiger partial charge >= 0.3 is 0 Å². The second-order valence-corrected chi connectivity index (χ2v) is 3.96. The van der Waals surface area contributed by atoms with E-state index < -0.39 is 0 Å². The van der Waals surface area contributed by atoms with Crippen molar-refractivity contribution in [1.29, 1.82) is 0 Å². The molecule has 0 saturated heterocycles. The van der Waals surface area contributed by atoms with Crippen LogP contribution in [0.3, 0.4) is 0 Å². The van der Waals surface area contributed by atoms with E-state index in [1.54, 1.807) is 0 Å². The van der Waals surface area contributed by atoms with Gasteiger partial charge in [0.25, 0.3) is 0 Å². The maximum atomic E-state index is 5.59. The van der Waals surface area contributed by atoms with Crippen molar-refractivity contribution in [3.63, 3.8) is 0 Å². The SMILES string of the molecule is Cc1ccc2[nH]c(CN)c(Br)c2c1.